The highest BCUT2D eigenvalue weighted by Gasteiger charge is 2.48. The Morgan fingerprint density at radius 3 is 2.44 bits per heavy atom. The molecule has 1 aliphatic rings. The molecule has 1 fully saturated rings. The van der Waals surface area contributed by atoms with Gasteiger partial charge >= 0.3 is 6.03 Å². The van der Waals surface area contributed by atoms with Crippen LogP contribution in [0.25, 0.3) is 0 Å². The van der Waals surface area contributed by atoms with Crippen molar-refractivity contribution in [3.05, 3.63) is 35.9 Å². The Morgan fingerprint density at radius 1 is 1.28 bits per heavy atom. The number of hydrogen-bond donors (Lipinski definition) is 2. The van der Waals surface area contributed by atoms with Crippen LogP contribution in [-0.4, -0.2) is 22.5 Å². The van der Waals surface area contributed by atoms with Gasteiger partial charge in [-0.2, -0.15) is 5.01 Å². The number of nitrogens with two attached hydrogens (primary N) is 1. The Labute approximate surface area is 106 Å². The van der Waals surface area contributed by atoms with Crippen LogP contribution in [0.5, 0.6) is 0 Å². The van der Waals surface area contributed by atoms with E-state index >= 15 is 0 Å². The van der Waals surface area contributed by atoms with Crippen molar-refractivity contribution in [1.82, 2.24) is 10.3 Å². The number of nitrogens with zero attached hydrogens (tertiary/aromatic N) is 1. The van der Waals surface area contributed by atoms with Crippen molar-refractivity contribution in [3.8, 4) is 0 Å². The fourth-order valence-electron chi connectivity index (χ4n) is 2.23. The summed E-state index contributed by atoms with van der Waals surface area (Å²) in [6, 6.07) is 9.35. The van der Waals surface area contributed by atoms with E-state index in [1.54, 1.807) is 0 Å². The number of nitrogens with one attached hydrogen (secondary N) is 1. The van der Waals surface area contributed by atoms with Gasteiger partial charge in [-0.15, -0.1) is 0 Å². The van der Waals surface area contributed by atoms with E-state index in [4.69, 9.17) is 5.84 Å². The summed E-state index contributed by atoms with van der Waals surface area (Å²) in [6.07, 6.45) is 1.83. The predicted octanol–water partition coefficient (Wildman–Crippen LogP) is 1.19. The molecule has 0 bridgehead atoms. The standard InChI is InChI=1S/C13H17N3O2/c1-2-13(11(17)16(14)12(18)15-13)9-8-10-6-4-3-5-7-10/h3-7H,2,8-9,14H2,1H3,(H,15,18). The molecular formula is C13H17N3O2. The zero-order valence-corrected chi connectivity index (χ0v) is 10.3. The van der Waals surface area contributed by atoms with Crippen LogP contribution in [0.1, 0.15) is 25.3 Å². The first-order valence-electron chi connectivity index (χ1n) is 6.04. The van der Waals surface area contributed by atoms with E-state index in [-0.39, 0.29) is 5.91 Å². The minimum atomic E-state index is -0.846. The molecule has 1 aromatic rings. The lowest BCUT2D eigenvalue weighted by atomic mass is 9.89. The first kappa shape index (κ1) is 12.6. The Morgan fingerprint density at radius 2 is 1.94 bits per heavy atom. The monoisotopic (exact) mass is 247 g/mol. The van der Waals surface area contributed by atoms with Crippen molar-refractivity contribution in [3.63, 3.8) is 0 Å². The van der Waals surface area contributed by atoms with Gasteiger partial charge in [0.25, 0.3) is 5.91 Å². The van der Waals surface area contributed by atoms with Crippen LogP contribution in [0.3, 0.4) is 0 Å². The second-order valence-electron chi connectivity index (χ2n) is 4.53. The number of hydrogen-bond acceptors (Lipinski definition) is 3. The first-order chi connectivity index (χ1) is 8.59. The highest BCUT2D eigenvalue weighted by atomic mass is 16.2. The highest BCUT2D eigenvalue weighted by Crippen LogP contribution is 2.25. The molecule has 1 aromatic carbocycles. The van der Waals surface area contributed by atoms with Crippen LogP contribution >= 0.6 is 0 Å². The summed E-state index contributed by atoms with van der Waals surface area (Å²) in [6.45, 7) is 1.88. The molecule has 1 saturated heterocycles. The molecule has 1 atom stereocenters. The second-order valence-corrected chi connectivity index (χ2v) is 4.53. The summed E-state index contributed by atoms with van der Waals surface area (Å²) in [5, 5.41) is 3.37. The normalized spacial score (nSPS) is 23.3. The number of urea groups is 1. The number of carbonyl (C=O) groups excluding carboxylic acids is 2. The third-order valence-electron chi connectivity index (χ3n) is 3.48. The fraction of sp³-hybridized carbons (Fsp3) is 0.385. The summed E-state index contributed by atoms with van der Waals surface area (Å²) in [4.78, 5) is 23.4. The molecule has 5 heteroatoms. The maximum atomic E-state index is 12.0. The smallest absolute Gasteiger partial charge is 0.322 e. The second kappa shape index (κ2) is 4.78. The van der Waals surface area contributed by atoms with Crippen molar-refractivity contribution in [2.45, 2.75) is 31.7 Å². The quantitative estimate of drug-likeness (QED) is 0.477. The summed E-state index contributed by atoms with van der Waals surface area (Å²) < 4.78 is 0. The van der Waals surface area contributed by atoms with Crippen molar-refractivity contribution >= 4 is 11.9 Å². The molecule has 0 spiro atoms. The summed E-state index contributed by atoms with van der Waals surface area (Å²) >= 11 is 0. The first-order valence-corrected chi connectivity index (χ1v) is 6.04. The van der Waals surface area contributed by atoms with Crippen molar-refractivity contribution in [2.75, 3.05) is 0 Å². The largest absolute Gasteiger partial charge is 0.339 e. The van der Waals surface area contributed by atoms with Crippen LogP contribution in [0.2, 0.25) is 0 Å². The average Bonchev–Trinajstić information content (AvgIpc) is 2.63. The molecule has 3 N–H and O–H groups in total. The van der Waals surface area contributed by atoms with E-state index in [1.807, 2.05) is 37.3 Å². The van der Waals surface area contributed by atoms with Gasteiger partial charge in [0.05, 0.1) is 0 Å². The number of benzene rings is 1. The Hall–Kier alpha value is -1.88. The zero-order valence-electron chi connectivity index (χ0n) is 10.3. The van der Waals surface area contributed by atoms with E-state index < -0.39 is 11.6 Å². The maximum absolute atomic E-state index is 12.0. The lowest BCUT2D eigenvalue weighted by molar-refractivity contribution is -0.131. The van der Waals surface area contributed by atoms with Crippen molar-refractivity contribution < 1.29 is 9.59 Å². The molecule has 1 heterocycles. The van der Waals surface area contributed by atoms with Crippen molar-refractivity contribution in [1.29, 1.82) is 0 Å². The molecule has 1 aliphatic heterocycles. The molecule has 5 nitrogen and oxygen atoms in total. The van der Waals surface area contributed by atoms with Crippen LogP contribution < -0.4 is 11.2 Å². The maximum Gasteiger partial charge on any atom is 0.339 e. The molecule has 0 aliphatic carbocycles. The molecule has 0 saturated carbocycles. The van der Waals surface area contributed by atoms with Gasteiger partial charge in [-0.05, 0) is 24.8 Å². The topological polar surface area (TPSA) is 75.4 Å². The zero-order chi connectivity index (χ0) is 13.2. The molecule has 0 radical (unpaired) electrons. The van der Waals surface area contributed by atoms with Gasteiger partial charge in [0.15, 0.2) is 0 Å². The Balaban J connectivity index is 2.11. The summed E-state index contributed by atoms with van der Waals surface area (Å²) in [7, 11) is 0. The number of aryl methyl sites for hydroxylation is 1. The van der Waals surface area contributed by atoms with E-state index in [9.17, 15) is 9.59 Å². The molecule has 3 amide bonds. The number of imide groups is 1. The van der Waals surface area contributed by atoms with E-state index in [2.05, 4.69) is 5.32 Å². The molecule has 1 unspecified atom stereocenters. The van der Waals surface area contributed by atoms with Gasteiger partial charge in [-0.3, -0.25) is 4.79 Å². The van der Waals surface area contributed by atoms with Gasteiger partial charge in [-0.1, -0.05) is 37.3 Å². The van der Waals surface area contributed by atoms with Crippen molar-refractivity contribution in [2.24, 2.45) is 5.84 Å². The summed E-state index contributed by atoms with van der Waals surface area (Å²) in [5.74, 6) is 5.07. The average molecular weight is 247 g/mol. The predicted molar refractivity (Wildman–Crippen MR) is 67.4 cm³/mol. The Bertz CT molecular complexity index is 461. The Kier molecular flexibility index (Phi) is 3.34. The van der Waals surface area contributed by atoms with Gasteiger partial charge < -0.3 is 5.32 Å². The minimum Gasteiger partial charge on any atom is -0.322 e. The van der Waals surface area contributed by atoms with E-state index in [1.165, 1.54) is 0 Å². The van der Waals surface area contributed by atoms with Gasteiger partial charge in [0.2, 0.25) is 0 Å². The van der Waals surface area contributed by atoms with Gasteiger partial charge in [-0.25, -0.2) is 10.6 Å². The number of amides is 3. The lowest BCUT2D eigenvalue weighted by Crippen LogP contribution is -2.47. The van der Waals surface area contributed by atoms with Crippen LogP contribution in [0.15, 0.2) is 30.3 Å². The van der Waals surface area contributed by atoms with Gasteiger partial charge in [0.1, 0.15) is 5.54 Å². The molecule has 18 heavy (non-hydrogen) atoms. The van der Waals surface area contributed by atoms with Crippen LogP contribution in [0, 0.1) is 0 Å². The molecule has 0 aromatic heterocycles. The van der Waals surface area contributed by atoms with E-state index in [0.717, 1.165) is 12.0 Å². The molecule has 96 valence electrons. The number of carbonyl (C=O) groups is 2. The third-order valence-corrected chi connectivity index (χ3v) is 3.48. The SMILES string of the molecule is CCC1(CCc2ccccc2)NC(=O)N(N)C1=O. The van der Waals surface area contributed by atoms with Crippen LogP contribution in [-0.2, 0) is 11.2 Å². The van der Waals surface area contributed by atoms with E-state index in [0.29, 0.717) is 17.9 Å². The molecule has 2 rings (SSSR count). The summed E-state index contributed by atoms with van der Waals surface area (Å²) in [5.41, 5.74) is 0.296. The highest BCUT2D eigenvalue weighted by molar-refractivity contribution is 6.06. The minimum absolute atomic E-state index is 0.342. The molecular weight excluding hydrogens is 230 g/mol. The fourth-order valence-corrected chi connectivity index (χ4v) is 2.23. The number of rotatable bonds is 4. The van der Waals surface area contributed by atoms with Crippen LogP contribution in [0.4, 0.5) is 4.79 Å². The number of hydrazine groups is 1. The van der Waals surface area contributed by atoms with Gasteiger partial charge in [0, 0.05) is 0 Å². The third kappa shape index (κ3) is 2.09. The lowest BCUT2D eigenvalue weighted by Gasteiger charge is -2.24.